The lowest BCUT2D eigenvalue weighted by Crippen LogP contribution is -2.29. The predicted molar refractivity (Wildman–Crippen MR) is 71.8 cm³/mol. The van der Waals surface area contributed by atoms with Crippen LogP contribution >= 0.6 is 0 Å². The van der Waals surface area contributed by atoms with E-state index in [0.29, 0.717) is 5.92 Å². The fourth-order valence-electron chi connectivity index (χ4n) is 2.56. The van der Waals surface area contributed by atoms with Crippen molar-refractivity contribution in [2.24, 2.45) is 0 Å². The van der Waals surface area contributed by atoms with Gasteiger partial charge >= 0.3 is 0 Å². The summed E-state index contributed by atoms with van der Waals surface area (Å²) in [7, 11) is 0. The molecule has 0 aromatic carbocycles. The van der Waals surface area contributed by atoms with Crippen LogP contribution in [0.15, 0.2) is 16.8 Å². The van der Waals surface area contributed by atoms with E-state index in [1.807, 2.05) is 26.1 Å². The third-order valence-electron chi connectivity index (χ3n) is 3.52. The van der Waals surface area contributed by atoms with Crippen LogP contribution in [0.25, 0.3) is 11.3 Å². The molecule has 1 unspecified atom stereocenters. The zero-order valence-electron chi connectivity index (χ0n) is 11.3. The number of nitrogens with zero attached hydrogens (tertiary/aromatic N) is 3. The van der Waals surface area contributed by atoms with Gasteiger partial charge in [0, 0.05) is 24.7 Å². The van der Waals surface area contributed by atoms with Gasteiger partial charge in [0.15, 0.2) is 5.76 Å². The first-order valence-electron chi connectivity index (χ1n) is 6.72. The number of hydrogen-bond donors (Lipinski definition) is 1. The highest BCUT2D eigenvalue weighted by Gasteiger charge is 2.22. The molecule has 1 N–H and O–H groups in total. The summed E-state index contributed by atoms with van der Waals surface area (Å²) in [5.74, 6) is 1.99. The van der Waals surface area contributed by atoms with Crippen LogP contribution in [0.1, 0.15) is 36.0 Å². The molecule has 0 aliphatic carbocycles. The van der Waals surface area contributed by atoms with Crippen molar-refractivity contribution in [1.29, 1.82) is 0 Å². The van der Waals surface area contributed by atoms with Gasteiger partial charge < -0.3 is 9.84 Å². The molecule has 1 saturated heterocycles. The van der Waals surface area contributed by atoms with Crippen molar-refractivity contribution in [3.8, 4) is 11.3 Å². The van der Waals surface area contributed by atoms with Crippen LogP contribution in [-0.4, -0.2) is 28.2 Å². The SMILES string of the molecule is Cc1cc(-c2cnc(C)nc2C2CCCNC2)on1. The summed E-state index contributed by atoms with van der Waals surface area (Å²) in [5.41, 5.74) is 2.93. The smallest absolute Gasteiger partial charge is 0.170 e. The van der Waals surface area contributed by atoms with Crippen molar-refractivity contribution in [1.82, 2.24) is 20.4 Å². The fraction of sp³-hybridized carbons (Fsp3) is 0.500. The molecule has 2 aromatic rings. The first-order valence-corrected chi connectivity index (χ1v) is 6.72. The second-order valence-corrected chi connectivity index (χ2v) is 5.09. The molecule has 1 fully saturated rings. The van der Waals surface area contributed by atoms with Gasteiger partial charge in [-0.25, -0.2) is 9.97 Å². The average Bonchev–Trinajstić information content (AvgIpc) is 2.86. The van der Waals surface area contributed by atoms with Crippen LogP contribution in [0.4, 0.5) is 0 Å². The molecule has 19 heavy (non-hydrogen) atoms. The highest BCUT2D eigenvalue weighted by atomic mass is 16.5. The average molecular weight is 258 g/mol. The molecular formula is C14H18N4O. The van der Waals surface area contributed by atoms with E-state index in [1.54, 1.807) is 0 Å². The molecule has 0 spiro atoms. The summed E-state index contributed by atoms with van der Waals surface area (Å²) in [6, 6.07) is 1.94. The van der Waals surface area contributed by atoms with Gasteiger partial charge in [-0.3, -0.25) is 0 Å². The van der Waals surface area contributed by atoms with Crippen LogP contribution in [0.2, 0.25) is 0 Å². The normalized spacial score (nSPS) is 19.6. The standard InChI is InChI=1S/C14H18N4O/c1-9-6-13(19-18-9)12-8-16-10(2)17-14(12)11-4-3-5-15-7-11/h6,8,11,15H,3-5,7H2,1-2H3. The molecule has 1 aliphatic heterocycles. The Morgan fingerprint density at radius 2 is 2.26 bits per heavy atom. The van der Waals surface area contributed by atoms with Crippen LogP contribution in [0.5, 0.6) is 0 Å². The minimum atomic E-state index is 0.427. The zero-order chi connectivity index (χ0) is 13.2. The summed E-state index contributed by atoms with van der Waals surface area (Å²) in [6.07, 6.45) is 4.19. The van der Waals surface area contributed by atoms with Gasteiger partial charge in [-0.15, -0.1) is 0 Å². The van der Waals surface area contributed by atoms with E-state index in [-0.39, 0.29) is 0 Å². The maximum absolute atomic E-state index is 5.37. The minimum absolute atomic E-state index is 0.427. The van der Waals surface area contributed by atoms with Crippen molar-refractivity contribution in [3.05, 3.63) is 29.5 Å². The quantitative estimate of drug-likeness (QED) is 0.894. The molecule has 0 radical (unpaired) electrons. The van der Waals surface area contributed by atoms with E-state index in [2.05, 4.69) is 20.4 Å². The van der Waals surface area contributed by atoms with Crippen molar-refractivity contribution in [2.75, 3.05) is 13.1 Å². The molecule has 1 aliphatic rings. The summed E-state index contributed by atoms with van der Waals surface area (Å²) >= 11 is 0. The zero-order valence-corrected chi connectivity index (χ0v) is 11.3. The van der Waals surface area contributed by atoms with E-state index in [9.17, 15) is 0 Å². The minimum Gasteiger partial charge on any atom is -0.356 e. The maximum atomic E-state index is 5.37. The van der Waals surface area contributed by atoms with Crippen molar-refractivity contribution >= 4 is 0 Å². The predicted octanol–water partition coefficient (Wildman–Crippen LogP) is 2.22. The number of hydrogen-bond acceptors (Lipinski definition) is 5. The van der Waals surface area contributed by atoms with E-state index in [4.69, 9.17) is 4.52 Å². The third kappa shape index (κ3) is 2.51. The number of rotatable bonds is 2. The Bertz CT molecular complexity index is 573. The van der Waals surface area contributed by atoms with E-state index >= 15 is 0 Å². The summed E-state index contributed by atoms with van der Waals surface area (Å²) in [4.78, 5) is 8.94. The lowest BCUT2D eigenvalue weighted by Gasteiger charge is -2.23. The number of aromatic nitrogens is 3. The van der Waals surface area contributed by atoms with Gasteiger partial charge in [-0.2, -0.15) is 0 Å². The van der Waals surface area contributed by atoms with E-state index in [0.717, 1.165) is 48.0 Å². The summed E-state index contributed by atoms with van der Waals surface area (Å²) < 4.78 is 5.37. The van der Waals surface area contributed by atoms with Crippen LogP contribution in [0.3, 0.4) is 0 Å². The Hall–Kier alpha value is -1.75. The Labute approximate surface area is 112 Å². The molecule has 2 aromatic heterocycles. The first kappa shape index (κ1) is 12.3. The van der Waals surface area contributed by atoms with Crippen molar-refractivity contribution in [3.63, 3.8) is 0 Å². The Balaban J connectivity index is 2.03. The number of piperidine rings is 1. The van der Waals surface area contributed by atoms with Gasteiger partial charge in [0.05, 0.1) is 17.0 Å². The molecule has 0 bridgehead atoms. The largest absolute Gasteiger partial charge is 0.356 e. The second-order valence-electron chi connectivity index (χ2n) is 5.09. The second kappa shape index (κ2) is 5.09. The fourth-order valence-corrected chi connectivity index (χ4v) is 2.56. The molecule has 5 heteroatoms. The van der Waals surface area contributed by atoms with E-state index in [1.165, 1.54) is 6.42 Å². The lowest BCUT2D eigenvalue weighted by molar-refractivity contribution is 0.422. The summed E-state index contributed by atoms with van der Waals surface area (Å²) in [5, 5.41) is 7.39. The third-order valence-corrected chi connectivity index (χ3v) is 3.52. The lowest BCUT2D eigenvalue weighted by atomic mass is 9.92. The monoisotopic (exact) mass is 258 g/mol. The molecule has 3 rings (SSSR count). The Morgan fingerprint density at radius 3 is 2.95 bits per heavy atom. The van der Waals surface area contributed by atoms with Gasteiger partial charge in [0.1, 0.15) is 5.82 Å². The van der Waals surface area contributed by atoms with Gasteiger partial charge in [-0.1, -0.05) is 5.16 Å². The van der Waals surface area contributed by atoms with Crippen molar-refractivity contribution < 1.29 is 4.52 Å². The molecule has 0 amide bonds. The van der Waals surface area contributed by atoms with Crippen molar-refractivity contribution in [2.45, 2.75) is 32.6 Å². The first-order chi connectivity index (χ1) is 9.24. The highest BCUT2D eigenvalue weighted by Crippen LogP contribution is 2.31. The number of aryl methyl sites for hydroxylation is 2. The number of nitrogens with one attached hydrogen (secondary N) is 1. The van der Waals surface area contributed by atoms with Crippen LogP contribution in [0, 0.1) is 13.8 Å². The molecule has 100 valence electrons. The van der Waals surface area contributed by atoms with Crippen LogP contribution in [-0.2, 0) is 0 Å². The molecule has 3 heterocycles. The van der Waals surface area contributed by atoms with Gasteiger partial charge in [0.25, 0.3) is 0 Å². The molecule has 5 nitrogen and oxygen atoms in total. The van der Waals surface area contributed by atoms with Gasteiger partial charge in [0.2, 0.25) is 0 Å². The van der Waals surface area contributed by atoms with E-state index < -0.39 is 0 Å². The Morgan fingerprint density at radius 1 is 1.37 bits per heavy atom. The maximum Gasteiger partial charge on any atom is 0.170 e. The van der Waals surface area contributed by atoms with Gasteiger partial charge in [-0.05, 0) is 33.2 Å². The topological polar surface area (TPSA) is 63.8 Å². The Kier molecular flexibility index (Phi) is 3.29. The molecule has 1 atom stereocenters. The molecule has 0 saturated carbocycles. The molecular weight excluding hydrogens is 240 g/mol. The highest BCUT2D eigenvalue weighted by molar-refractivity contribution is 5.60. The summed E-state index contributed by atoms with van der Waals surface area (Å²) in [6.45, 7) is 5.91. The van der Waals surface area contributed by atoms with Crippen LogP contribution < -0.4 is 5.32 Å².